The van der Waals surface area contributed by atoms with Gasteiger partial charge >= 0.3 is 0 Å². The third kappa shape index (κ3) is 1.62. The summed E-state index contributed by atoms with van der Waals surface area (Å²) < 4.78 is 0.764. The van der Waals surface area contributed by atoms with Crippen LogP contribution in [0, 0.1) is 0 Å². The summed E-state index contributed by atoms with van der Waals surface area (Å²) in [5.74, 6) is 1.01. The quantitative estimate of drug-likeness (QED) is 0.613. The largest absolute Gasteiger partial charge is 0.492 e. The molecular weight excluding hydrogens is 204 g/mol. The van der Waals surface area contributed by atoms with E-state index in [-0.39, 0.29) is 5.88 Å². The first-order valence-corrected chi connectivity index (χ1v) is 5.75. The minimum atomic E-state index is 0.0935. The van der Waals surface area contributed by atoms with Crippen LogP contribution in [0.4, 0.5) is 0 Å². The number of rotatable bonds is 2. The van der Waals surface area contributed by atoms with Gasteiger partial charge in [-0.2, -0.15) is 4.98 Å². The Morgan fingerprint density at radius 1 is 1.54 bits per heavy atom. The molecule has 0 spiro atoms. The maximum atomic E-state index is 9.51. The minimum absolute atomic E-state index is 0.0935. The SMILES string of the molecule is CCSc1nc(O)c2sccc2n1. The fourth-order valence-corrected chi connectivity index (χ4v) is 2.31. The van der Waals surface area contributed by atoms with Crippen molar-refractivity contribution in [3.8, 4) is 5.88 Å². The van der Waals surface area contributed by atoms with Gasteiger partial charge in [0.25, 0.3) is 0 Å². The lowest BCUT2D eigenvalue weighted by atomic mass is 10.5. The molecule has 2 aromatic heterocycles. The lowest BCUT2D eigenvalue weighted by Gasteiger charge is -1.98. The molecule has 2 aromatic rings. The highest BCUT2D eigenvalue weighted by molar-refractivity contribution is 7.99. The Balaban J connectivity index is 2.56. The maximum Gasteiger partial charge on any atom is 0.233 e. The molecule has 0 saturated heterocycles. The van der Waals surface area contributed by atoms with Crippen LogP contribution in [0.5, 0.6) is 5.88 Å². The molecule has 0 aliphatic heterocycles. The minimum Gasteiger partial charge on any atom is -0.492 e. The Hall–Kier alpha value is -0.810. The molecule has 0 fully saturated rings. The summed E-state index contributed by atoms with van der Waals surface area (Å²) in [6.07, 6.45) is 0. The zero-order valence-electron chi connectivity index (χ0n) is 7.02. The molecule has 2 heterocycles. The van der Waals surface area contributed by atoms with Crippen LogP contribution in [0.15, 0.2) is 16.6 Å². The molecule has 68 valence electrons. The average Bonchev–Trinajstić information content (AvgIpc) is 2.53. The van der Waals surface area contributed by atoms with E-state index >= 15 is 0 Å². The second kappa shape index (κ2) is 3.51. The first-order valence-electron chi connectivity index (χ1n) is 3.88. The number of thioether (sulfide) groups is 1. The summed E-state index contributed by atoms with van der Waals surface area (Å²) in [7, 11) is 0. The van der Waals surface area contributed by atoms with Gasteiger partial charge in [-0.15, -0.1) is 11.3 Å². The van der Waals surface area contributed by atoms with Crippen molar-refractivity contribution in [3.05, 3.63) is 11.4 Å². The maximum absolute atomic E-state index is 9.51. The monoisotopic (exact) mass is 212 g/mol. The molecule has 0 amide bonds. The summed E-state index contributed by atoms with van der Waals surface area (Å²) in [6.45, 7) is 2.03. The zero-order valence-corrected chi connectivity index (χ0v) is 8.65. The van der Waals surface area contributed by atoms with Crippen molar-refractivity contribution in [3.63, 3.8) is 0 Å². The number of nitrogens with zero attached hydrogens (tertiary/aromatic N) is 2. The van der Waals surface area contributed by atoms with Crippen LogP contribution in [0.2, 0.25) is 0 Å². The van der Waals surface area contributed by atoms with Crippen LogP contribution in [-0.2, 0) is 0 Å². The van der Waals surface area contributed by atoms with Gasteiger partial charge in [0.2, 0.25) is 5.88 Å². The van der Waals surface area contributed by atoms with Gasteiger partial charge in [0.15, 0.2) is 5.16 Å². The molecule has 2 rings (SSSR count). The van der Waals surface area contributed by atoms with Crippen LogP contribution in [0.3, 0.4) is 0 Å². The molecule has 0 aromatic carbocycles. The molecule has 0 aliphatic rings. The van der Waals surface area contributed by atoms with E-state index in [1.807, 2.05) is 18.4 Å². The molecule has 5 heteroatoms. The Morgan fingerprint density at radius 3 is 3.15 bits per heavy atom. The fraction of sp³-hybridized carbons (Fsp3) is 0.250. The number of hydrogen-bond acceptors (Lipinski definition) is 5. The molecule has 0 bridgehead atoms. The van der Waals surface area contributed by atoms with Gasteiger partial charge in [0, 0.05) is 0 Å². The summed E-state index contributed by atoms with van der Waals surface area (Å²) in [4.78, 5) is 8.27. The average molecular weight is 212 g/mol. The summed E-state index contributed by atoms with van der Waals surface area (Å²) in [5, 5.41) is 12.1. The molecule has 3 nitrogen and oxygen atoms in total. The van der Waals surface area contributed by atoms with Crippen LogP contribution < -0.4 is 0 Å². The Morgan fingerprint density at radius 2 is 2.38 bits per heavy atom. The molecule has 0 saturated carbocycles. The van der Waals surface area contributed by atoms with Crippen LogP contribution in [0.25, 0.3) is 10.2 Å². The van der Waals surface area contributed by atoms with Gasteiger partial charge in [-0.3, -0.25) is 0 Å². The van der Waals surface area contributed by atoms with Gasteiger partial charge in [0.05, 0.1) is 5.52 Å². The van der Waals surface area contributed by atoms with Crippen molar-refractivity contribution < 1.29 is 5.11 Å². The third-order valence-electron chi connectivity index (χ3n) is 1.54. The fourth-order valence-electron chi connectivity index (χ4n) is 1.02. The number of aromatic nitrogens is 2. The predicted octanol–water partition coefficient (Wildman–Crippen LogP) is 2.51. The highest BCUT2D eigenvalue weighted by atomic mass is 32.2. The van der Waals surface area contributed by atoms with E-state index in [0.29, 0.717) is 5.16 Å². The first kappa shape index (κ1) is 8.77. The van der Waals surface area contributed by atoms with Gasteiger partial charge in [-0.25, -0.2) is 4.98 Å². The van der Waals surface area contributed by atoms with Crippen molar-refractivity contribution >= 4 is 33.3 Å². The van der Waals surface area contributed by atoms with Gasteiger partial charge in [0.1, 0.15) is 4.70 Å². The lowest BCUT2D eigenvalue weighted by Crippen LogP contribution is -1.86. The van der Waals surface area contributed by atoms with E-state index in [1.54, 1.807) is 0 Å². The van der Waals surface area contributed by atoms with Crippen molar-refractivity contribution in [2.24, 2.45) is 0 Å². The van der Waals surface area contributed by atoms with Crippen molar-refractivity contribution in [1.29, 1.82) is 0 Å². The summed E-state index contributed by atoms with van der Waals surface area (Å²) in [6, 6.07) is 1.89. The van der Waals surface area contributed by atoms with Gasteiger partial charge in [-0.1, -0.05) is 18.7 Å². The molecule has 0 unspecified atom stereocenters. The Bertz CT molecular complexity index is 427. The molecular formula is C8H8N2OS2. The van der Waals surface area contributed by atoms with Crippen LogP contribution in [0.1, 0.15) is 6.92 Å². The highest BCUT2D eigenvalue weighted by Crippen LogP contribution is 2.28. The molecule has 1 N–H and O–H groups in total. The lowest BCUT2D eigenvalue weighted by molar-refractivity contribution is 0.454. The van der Waals surface area contributed by atoms with E-state index in [2.05, 4.69) is 9.97 Å². The Labute approximate surface area is 83.8 Å². The van der Waals surface area contributed by atoms with Crippen LogP contribution >= 0.6 is 23.1 Å². The van der Waals surface area contributed by atoms with Gasteiger partial charge < -0.3 is 5.11 Å². The second-order valence-electron chi connectivity index (χ2n) is 2.40. The number of fused-ring (bicyclic) bond motifs is 1. The van der Waals surface area contributed by atoms with Crippen molar-refractivity contribution in [2.75, 3.05) is 5.75 Å². The smallest absolute Gasteiger partial charge is 0.233 e. The molecule has 0 radical (unpaired) electrons. The normalized spacial score (nSPS) is 10.8. The first-order chi connectivity index (χ1) is 6.31. The number of thiophene rings is 1. The van der Waals surface area contributed by atoms with E-state index in [1.165, 1.54) is 23.1 Å². The number of aromatic hydroxyl groups is 1. The standard InChI is InChI=1S/C8H8N2OS2/c1-2-12-8-9-5-3-4-13-6(5)7(11)10-8/h3-4H,2H2,1H3,(H,9,10,11). The van der Waals surface area contributed by atoms with Crippen molar-refractivity contribution in [1.82, 2.24) is 9.97 Å². The van der Waals surface area contributed by atoms with E-state index < -0.39 is 0 Å². The van der Waals surface area contributed by atoms with Crippen LogP contribution in [-0.4, -0.2) is 20.8 Å². The highest BCUT2D eigenvalue weighted by Gasteiger charge is 2.06. The zero-order chi connectivity index (χ0) is 9.26. The predicted molar refractivity (Wildman–Crippen MR) is 55.5 cm³/mol. The molecule has 13 heavy (non-hydrogen) atoms. The third-order valence-corrected chi connectivity index (χ3v) is 3.17. The number of hydrogen-bond donors (Lipinski definition) is 1. The summed E-state index contributed by atoms with van der Waals surface area (Å²) >= 11 is 2.99. The molecule has 0 atom stereocenters. The topological polar surface area (TPSA) is 46.0 Å². The van der Waals surface area contributed by atoms with Crippen molar-refractivity contribution in [2.45, 2.75) is 12.1 Å². The van der Waals surface area contributed by atoms with E-state index in [4.69, 9.17) is 0 Å². The van der Waals surface area contributed by atoms with Gasteiger partial charge in [-0.05, 0) is 17.2 Å². The summed E-state index contributed by atoms with van der Waals surface area (Å²) in [5.41, 5.74) is 0.827. The molecule has 0 aliphatic carbocycles. The Kier molecular flexibility index (Phi) is 2.37. The van der Waals surface area contributed by atoms with E-state index in [9.17, 15) is 5.11 Å². The van der Waals surface area contributed by atoms with E-state index in [0.717, 1.165) is 16.0 Å². The second-order valence-corrected chi connectivity index (χ2v) is 4.55.